The van der Waals surface area contributed by atoms with E-state index in [1.165, 1.54) is 11.1 Å². The van der Waals surface area contributed by atoms with E-state index in [2.05, 4.69) is 24.3 Å². The fourth-order valence-corrected chi connectivity index (χ4v) is 3.00. The van der Waals surface area contributed by atoms with Crippen molar-refractivity contribution in [3.63, 3.8) is 0 Å². The van der Waals surface area contributed by atoms with Crippen LogP contribution < -0.4 is 0 Å². The molecule has 1 saturated heterocycles. The van der Waals surface area contributed by atoms with Crippen molar-refractivity contribution in [3.8, 4) is 0 Å². The molecule has 0 saturated carbocycles. The Hall–Kier alpha value is -1.72. The van der Waals surface area contributed by atoms with Crippen molar-refractivity contribution in [3.05, 3.63) is 71.8 Å². The zero-order valence-corrected chi connectivity index (χ0v) is 14.7. The van der Waals surface area contributed by atoms with E-state index in [1.54, 1.807) is 7.11 Å². The van der Waals surface area contributed by atoms with E-state index in [4.69, 9.17) is 18.9 Å². The average Bonchev–Trinajstić information content (AvgIpc) is 2.68. The van der Waals surface area contributed by atoms with Gasteiger partial charge in [-0.15, -0.1) is 0 Å². The summed E-state index contributed by atoms with van der Waals surface area (Å²) in [6.45, 7) is 1.74. The summed E-state index contributed by atoms with van der Waals surface area (Å²) in [5.74, 6) is 0. The molecular formula is C21H26O4. The number of methoxy groups -OCH3 is 1. The van der Waals surface area contributed by atoms with Crippen molar-refractivity contribution in [2.75, 3.05) is 13.7 Å². The van der Waals surface area contributed by atoms with Gasteiger partial charge in [0.15, 0.2) is 6.29 Å². The Bertz CT molecular complexity index is 602. The largest absolute Gasteiger partial charge is 0.374 e. The second kappa shape index (κ2) is 9.68. The molecule has 0 aliphatic carbocycles. The zero-order valence-electron chi connectivity index (χ0n) is 14.7. The van der Waals surface area contributed by atoms with E-state index in [0.29, 0.717) is 19.8 Å². The van der Waals surface area contributed by atoms with Gasteiger partial charge < -0.3 is 18.9 Å². The third-order valence-corrected chi connectivity index (χ3v) is 4.33. The molecule has 2 aromatic rings. The van der Waals surface area contributed by atoms with Crippen molar-refractivity contribution >= 4 is 0 Å². The lowest BCUT2D eigenvalue weighted by Crippen LogP contribution is -2.40. The molecule has 1 aliphatic heterocycles. The fourth-order valence-electron chi connectivity index (χ4n) is 3.00. The van der Waals surface area contributed by atoms with E-state index in [0.717, 1.165) is 12.8 Å². The summed E-state index contributed by atoms with van der Waals surface area (Å²) in [5.41, 5.74) is 2.35. The Balaban J connectivity index is 1.46. The van der Waals surface area contributed by atoms with Crippen LogP contribution in [0.2, 0.25) is 0 Å². The minimum absolute atomic E-state index is 0.0109. The second-order valence-corrected chi connectivity index (χ2v) is 6.31. The van der Waals surface area contributed by atoms with Crippen molar-refractivity contribution in [2.24, 2.45) is 0 Å². The lowest BCUT2D eigenvalue weighted by Gasteiger charge is -2.34. The van der Waals surface area contributed by atoms with E-state index >= 15 is 0 Å². The fraction of sp³-hybridized carbons (Fsp3) is 0.429. The molecule has 3 atom stereocenters. The molecule has 4 heteroatoms. The molecule has 0 N–H and O–H groups in total. The van der Waals surface area contributed by atoms with Gasteiger partial charge in [0.2, 0.25) is 0 Å². The van der Waals surface area contributed by atoms with Crippen molar-refractivity contribution < 1.29 is 18.9 Å². The maximum absolute atomic E-state index is 6.08. The van der Waals surface area contributed by atoms with Gasteiger partial charge in [0.1, 0.15) is 0 Å². The summed E-state index contributed by atoms with van der Waals surface area (Å²) in [6.07, 6.45) is 1.44. The minimum atomic E-state index is -0.236. The van der Waals surface area contributed by atoms with Crippen LogP contribution in [0.25, 0.3) is 0 Å². The number of hydrogen-bond acceptors (Lipinski definition) is 4. The molecule has 0 radical (unpaired) electrons. The van der Waals surface area contributed by atoms with Crippen molar-refractivity contribution in [1.29, 1.82) is 0 Å². The molecule has 134 valence electrons. The number of benzene rings is 2. The van der Waals surface area contributed by atoms with Gasteiger partial charge in [-0.2, -0.15) is 0 Å². The maximum atomic E-state index is 6.08. The third-order valence-electron chi connectivity index (χ3n) is 4.33. The summed E-state index contributed by atoms with van der Waals surface area (Å²) in [6, 6.07) is 20.4. The first-order chi connectivity index (χ1) is 12.3. The van der Waals surface area contributed by atoms with Gasteiger partial charge in [0.25, 0.3) is 0 Å². The van der Waals surface area contributed by atoms with E-state index in [1.807, 2.05) is 36.4 Å². The second-order valence-electron chi connectivity index (χ2n) is 6.31. The summed E-state index contributed by atoms with van der Waals surface area (Å²) >= 11 is 0. The van der Waals surface area contributed by atoms with Gasteiger partial charge in [0, 0.05) is 20.0 Å². The molecule has 4 nitrogen and oxygen atoms in total. The highest BCUT2D eigenvalue weighted by molar-refractivity contribution is 5.14. The van der Waals surface area contributed by atoms with Crippen molar-refractivity contribution in [2.45, 2.75) is 44.6 Å². The maximum Gasteiger partial charge on any atom is 0.160 e. The predicted molar refractivity (Wildman–Crippen MR) is 96.0 cm³/mol. The third kappa shape index (κ3) is 5.94. The number of ether oxygens (including phenoxy) is 4. The van der Waals surface area contributed by atoms with Crippen LogP contribution in [0.4, 0.5) is 0 Å². The van der Waals surface area contributed by atoms with Crippen LogP contribution in [0.1, 0.15) is 24.0 Å². The molecule has 3 unspecified atom stereocenters. The minimum Gasteiger partial charge on any atom is -0.374 e. The quantitative estimate of drug-likeness (QED) is 0.728. The summed E-state index contributed by atoms with van der Waals surface area (Å²) in [7, 11) is 1.67. The highest BCUT2D eigenvalue weighted by atomic mass is 16.7. The topological polar surface area (TPSA) is 36.9 Å². The van der Waals surface area contributed by atoms with E-state index in [-0.39, 0.29) is 18.5 Å². The molecule has 3 rings (SSSR count). The van der Waals surface area contributed by atoms with Gasteiger partial charge in [-0.1, -0.05) is 60.7 Å². The first-order valence-corrected chi connectivity index (χ1v) is 8.79. The van der Waals surface area contributed by atoms with Gasteiger partial charge in [-0.3, -0.25) is 0 Å². The molecule has 0 bridgehead atoms. The monoisotopic (exact) mass is 342 g/mol. The van der Waals surface area contributed by atoms with Crippen molar-refractivity contribution in [1.82, 2.24) is 0 Å². The molecule has 0 aromatic heterocycles. The van der Waals surface area contributed by atoms with Gasteiger partial charge in [0.05, 0.1) is 32.0 Å². The first kappa shape index (κ1) is 18.1. The lowest BCUT2D eigenvalue weighted by molar-refractivity contribution is -0.223. The van der Waals surface area contributed by atoms with Crippen LogP contribution in [-0.4, -0.2) is 32.2 Å². The normalized spacial score (nSPS) is 23.5. The molecule has 1 heterocycles. The number of rotatable bonds is 8. The van der Waals surface area contributed by atoms with E-state index < -0.39 is 0 Å². The van der Waals surface area contributed by atoms with Crippen LogP contribution in [-0.2, 0) is 32.2 Å². The molecular weight excluding hydrogens is 316 g/mol. The summed E-state index contributed by atoms with van der Waals surface area (Å²) < 4.78 is 23.2. The molecule has 0 spiro atoms. The predicted octanol–water partition coefficient (Wildman–Crippen LogP) is 3.94. The lowest BCUT2D eigenvalue weighted by atomic mass is 10.1. The highest BCUT2D eigenvalue weighted by Crippen LogP contribution is 2.24. The van der Waals surface area contributed by atoms with Gasteiger partial charge >= 0.3 is 0 Å². The van der Waals surface area contributed by atoms with Gasteiger partial charge in [-0.25, -0.2) is 0 Å². The highest BCUT2D eigenvalue weighted by Gasteiger charge is 2.30. The Labute approximate surface area is 149 Å². The summed E-state index contributed by atoms with van der Waals surface area (Å²) in [5, 5.41) is 0. The molecule has 1 fully saturated rings. The average molecular weight is 342 g/mol. The Kier molecular flexibility index (Phi) is 7.00. The molecule has 25 heavy (non-hydrogen) atoms. The first-order valence-electron chi connectivity index (χ1n) is 8.79. The Morgan fingerprint density at radius 1 is 0.880 bits per heavy atom. The zero-order chi connectivity index (χ0) is 17.3. The standard InChI is InChI=1S/C21H26O4/c1-22-21-13-19(24-15-18-10-6-3-7-11-18)12-20(25-21)16-23-14-17-8-4-2-5-9-17/h2-11,19-21H,12-16H2,1H3. The van der Waals surface area contributed by atoms with Crippen LogP contribution in [0, 0.1) is 0 Å². The van der Waals surface area contributed by atoms with Gasteiger partial charge in [-0.05, 0) is 11.1 Å². The van der Waals surface area contributed by atoms with Crippen LogP contribution in [0.5, 0.6) is 0 Å². The number of hydrogen-bond donors (Lipinski definition) is 0. The van der Waals surface area contributed by atoms with E-state index in [9.17, 15) is 0 Å². The Morgan fingerprint density at radius 3 is 2.16 bits per heavy atom. The SMILES string of the molecule is COC1CC(OCc2ccccc2)CC(COCc2ccccc2)O1. The van der Waals surface area contributed by atoms with Crippen LogP contribution in [0.3, 0.4) is 0 Å². The smallest absolute Gasteiger partial charge is 0.160 e. The summed E-state index contributed by atoms with van der Waals surface area (Å²) in [4.78, 5) is 0. The molecule has 1 aliphatic rings. The van der Waals surface area contributed by atoms with Crippen LogP contribution in [0.15, 0.2) is 60.7 Å². The molecule has 0 amide bonds. The van der Waals surface area contributed by atoms with Crippen LogP contribution >= 0.6 is 0 Å². The molecule has 2 aromatic carbocycles. The Morgan fingerprint density at radius 2 is 1.52 bits per heavy atom.